The molecule has 0 aromatic carbocycles. The van der Waals surface area contributed by atoms with Gasteiger partial charge in [0.2, 0.25) is 11.8 Å². The highest BCUT2D eigenvalue weighted by molar-refractivity contribution is 5.91. The fraction of sp³-hybridized carbons (Fsp3) is 0.562. The number of rotatable bonds is 2. The summed E-state index contributed by atoms with van der Waals surface area (Å²) < 4.78 is 0. The van der Waals surface area contributed by atoms with Crippen molar-refractivity contribution in [2.75, 3.05) is 0 Å². The van der Waals surface area contributed by atoms with E-state index in [-0.39, 0.29) is 23.3 Å². The molecule has 0 radical (unpaired) electrons. The van der Waals surface area contributed by atoms with Crippen molar-refractivity contribution in [2.24, 2.45) is 5.41 Å². The largest absolute Gasteiger partial charge is 0.344 e. The molecule has 2 rings (SSSR count). The van der Waals surface area contributed by atoms with E-state index in [4.69, 9.17) is 0 Å². The van der Waals surface area contributed by atoms with E-state index in [1.807, 2.05) is 39.8 Å². The van der Waals surface area contributed by atoms with Crippen LogP contribution in [0, 0.1) is 5.41 Å². The fourth-order valence-corrected chi connectivity index (χ4v) is 2.55. The van der Waals surface area contributed by atoms with Gasteiger partial charge >= 0.3 is 0 Å². The Morgan fingerprint density at radius 3 is 2.67 bits per heavy atom. The third-order valence-corrected chi connectivity index (χ3v) is 3.79. The molecule has 0 bridgehead atoms. The maximum absolute atomic E-state index is 12.8. The van der Waals surface area contributed by atoms with Crippen molar-refractivity contribution in [3.05, 3.63) is 30.1 Å². The van der Waals surface area contributed by atoms with Gasteiger partial charge in [0, 0.05) is 31.4 Å². The predicted molar refractivity (Wildman–Crippen MR) is 80.3 cm³/mol. The van der Waals surface area contributed by atoms with Crippen LogP contribution in [0.1, 0.15) is 39.7 Å². The molecule has 2 amide bonds. The summed E-state index contributed by atoms with van der Waals surface area (Å²) in [5.41, 5.74) is 0.656. The van der Waals surface area contributed by atoms with Gasteiger partial charge in [-0.3, -0.25) is 14.6 Å². The van der Waals surface area contributed by atoms with Crippen LogP contribution >= 0.6 is 0 Å². The first-order chi connectivity index (χ1) is 9.79. The van der Waals surface area contributed by atoms with Gasteiger partial charge in [0.25, 0.3) is 0 Å². The minimum absolute atomic E-state index is 0.0234. The van der Waals surface area contributed by atoms with Crippen LogP contribution < -0.4 is 5.32 Å². The highest BCUT2D eigenvalue weighted by Gasteiger charge is 2.40. The highest BCUT2D eigenvalue weighted by atomic mass is 16.2. The first kappa shape index (κ1) is 15.5. The van der Waals surface area contributed by atoms with Crippen molar-refractivity contribution < 1.29 is 9.59 Å². The van der Waals surface area contributed by atoms with E-state index in [9.17, 15) is 9.59 Å². The summed E-state index contributed by atoms with van der Waals surface area (Å²) in [7, 11) is 0. The molecule has 5 heteroatoms. The minimum Gasteiger partial charge on any atom is -0.344 e. The summed E-state index contributed by atoms with van der Waals surface area (Å²) in [6, 6.07) is 3.18. The minimum atomic E-state index is -0.494. The van der Waals surface area contributed by atoms with E-state index < -0.39 is 6.04 Å². The molecule has 1 fully saturated rings. The van der Waals surface area contributed by atoms with Gasteiger partial charge in [-0.1, -0.05) is 26.8 Å². The van der Waals surface area contributed by atoms with E-state index in [1.54, 1.807) is 17.3 Å². The zero-order chi connectivity index (χ0) is 15.6. The van der Waals surface area contributed by atoms with Crippen LogP contribution in [0.5, 0.6) is 0 Å². The van der Waals surface area contributed by atoms with E-state index in [1.165, 1.54) is 0 Å². The number of aromatic nitrogens is 1. The Hall–Kier alpha value is -1.91. The number of carbonyl (C=O) groups excluding carboxylic acids is 2. The maximum Gasteiger partial charge on any atom is 0.246 e. The topological polar surface area (TPSA) is 62.3 Å². The molecule has 21 heavy (non-hydrogen) atoms. The Bertz CT molecular complexity index is 522. The van der Waals surface area contributed by atoms with Gasteiger partial charge in [0.05, 0.1) is 0 Å². The van der Waals surface area contributed by atoms with Gasteiger partial charge in [-0.05, 0) is 24.0 Å². The summed E-state index contributed by atoms with van der Waals surface area (Å²) in [4.78, 5) is 30.7. The third-order valence-electron chi connectivity index (χ3n) is 3.79. The molecule has 1 N–H and O–H groups in total. The smallest absolute Gasteiger partial charge is 0.246 e. The molecule has 2 unspecified atom stereocenters. The SMILES string of the molecule is CC1CC(=O)NC(C(C)(C)C)C(=O)N1Cc1cccnc1. The lowest BCUT2D eigenvalue weighted by Crippen LogP contribution is -2.52. The van der Waals surface area contributed by atoms with Crippen LogP contribution in [0.2, 0.25) is 0 Å². The molecule has 1 aromatic heterocycles. The van der Waals surface area contributed by atoms with E-state index >= 15 is 0 Å². The Kier molecular flexibility index (Phi) is 4.30. The third kappa shape index (κ3) is 3.60. The van der Waals surface area contributed by atoms with Crippen molar-refractivity contribution >= 4 is 11.8 Å². The molecule has 0 spiro atoms. The number of amides is 2. The number of carbonyl (C=O) groups is 2. The first-order valence-electron chi connectivity index (χ1n) is 7.28. The normalized spacial score (nSPS) is 23.7. The summed E-state index contributed by atoms with van der Waals surface area (Å²) in [6.07, 6.45) is 3.80. The Morgan fingerprint density at radius 2 is 2.10 bits per heavy atom. The van der Waals surface area contributed by atoms with Crippen LogP contribution in [-0.4, -0.2) is 33.8 Å². The number of nitrogens with one attached hydrogen (secondary N) is 1. The summed E-state index contributed by atoms with van der Waals surface area (Å²) in [6.45, 7) is 8.30. The van der Waals surface area contributed by atoms with E-state index in [2.05, 4.69) is 10.3 Å². The standard InChI is InChI=1S/C16H23N3O2/c1-11-8-13(20)18-14(16(2,3)4)15(21)19(11)10-12-6-5-7-17-9-12/h5-7,9,11,14H,8,10H2,1-4H3,(H,18,20). The summed E-state index contributed by atoms with van der Waals surface area (Å²) >= 11 is 0. The molecule has 0 saturated carbocycles. The Morgan fingerprint density at radius 1 is 1.38 bits per heavy atom. The molecular weight excluding hydrogens is 266 g/mol. The lowest BCUT2D eigenvalue weighted by molar-refractivity contribution is -0.138. The fourth-order valence-electron chi connectivity index (χ4n) is 2.55. The molecule has 1 aliphatic heterocycles. The van der Waals surface area contributed by atoms with Crippen molar-refractivity contribution in [3.8, 4) is 0 Å². The van der Waals surface area contributed by atoms with Gasteiger partial charge in [0.1, 0.15) is 6.04 Å². The lowest BCUT2D eigenvalue weighted by Gasteiger charge is -2.34. The number of hydrogen-bond acceptors (Lipinski definition) is 3. The summed E-state index contributed by atoms with van der Waals surface area (Å²) in [5, 5.41) is 2.87. The Balaban J connectivity index is 2.28. The second-order valence-corrected chi connectivity index (χ2v) is 6.75. The second kappa shape index (κ2) is 5.84. The van der Waals surface area contributed by atoms with Crippen molar-refractivity contribution in [2.45, 2.75) is 52.7 Å². The first-order valence-corrected chi connectivity index (χ1v) is 7.28. The van der Waals surface area contributed by atoms with Crippen LogP contribution in [0.3, 0.4) is 0 Å². The van der Waals surface area contributed by atoms with Crippen LogP contribution in [0.15, 0.2) is 24.5 Å². The van der Waals surface area contributed by atoms with Crippen LogP contribution in [-0.2, 0) is 16.1 Å². The molecule has 0 aliphatic carbocycles. The molecule has 114 valence electrons. The van der Waals surface area contributed by atoms with E-state index in [0.29, 0.717) is 13.0 Å². The number of hydrogen-bond donors (Lipinski definition) is 1. The molecule has 2 atom stereocenters. The van der Waals surface area contributed by atoms with E-state index in [0.717, 1.165) is 5.56 Å². The maximum atomic E-state index is 12.8. The second-order valence-electron chi connectivity index (χ2n) is 6.75. The quantitative estimate of drug-likeness (QED) is 0.902. The van der Waals surface area contributed by atoms with Crippen LogP contribution in [0.25, 0.3) is 0 Å². The highest BCUT2D eigenvalue weighted by Crippen LogP contribution is 2.25. The van der Waals surface area contributed by atoms with Gasteiger partial charge in [0.15, 0.2) is 0 Å². The average Bonchev–Trinajstić information content (AvgIpc) is 2.50. The van der Waals surface area contributed by atoms with Gasteiger partial charge in [-0.25, -0.2) is 0 Å². The molecule has 1 saturated heterocycles. The van der Waals surface area contributed by atoms with Gasteiger partial charge in [-0.2, -0.15) is 0 Å². The average molecular weight is 289 g/mol. The van der Waals surface area contributed by atoms with Crippen molar-refractivity contribution in [3.63, 3.8) is 0 Å². The van der Waals surface area contributed by atoms with Gasteiger partial charge in [-0.15, -0.1) is 0 Å². The molecule has 1 aliphatic rings. The molecular formula is C16H23N3O2. The number of pyridine rings is 1. The lowest BCUT2D eigenvalue weighted by atomic mass is 9.86. The zero-order valence-electron chi connectivity index (χ0n) is 13.1. The summed E-state index contributed by atoms with van der Waals surface area (Å²) in [5.74, 6) is -0.0887. The zero-order valence-corrected chi connectivity index (χ0v) is 13.1. The predicted octanol–water partition coefficient (Wildman–Crippen LogP) is 1.73. The molecule has 2 heterocycles. The molecule has 1 aromatic rings. The monoisotopic (exact) mass is 289 g/mol. The van der Waals surface area contributed by atoms with Crippen molar-refractivity contribution in [1.29, 1.82) is 0 Å². The van der Waals surface area contributed by atoms with Crippen molar-refractivity contribution in [1.82, 2.24) is 15.2 Å². The molecule has 5 nitrogen and oxygen atoms in total. The van der Waals surface area contributed by atoms with Crippen LogP contribution in [0.4, 0.5) is 0 Å². The Labute approximate surface area is 125 Å². The van der Waals surface area contributed by atoms with Gasteiger partial charge < -0.3 is 10.2 Å². The number of nitrogens with zero attached hydrogens (tertiary/aromatic N) is 2.